The van der Waals surface area contributed by atoms with Crippen LogP contribution in [0.2, 0.25) is 0 Å². The van der Waals surface area contributed by atoms with E-state index in [-0.39, 0.29) is 5.60 Å². The second-order valence-corrected chi connectivity index (χ2v) is 5.81. The lowest BCUT2D eigenvalue weighted by molar-refractivity contribution is -0.0831. The summed E-state index contributed by atoms with van der Waals surface area (Å²) in [5, 5.41) is 0. The summed E-state index contributed by atoms with van der Waals surface area (Å²) in [6, 6.07) is 6.03. The highest BCUT2D eigenvalue weighted by atomic mass is 35.5. The summed E-state index contributed by atoms with van der Waals surface area (Å²) in [6.07, 6.45) is 3.41. The van der Waals surface area contributed by atoms with Crippen LogP contribution in [0.1, 0.15) is 32.0 Å². The lowest BCUT2D eigenvalue weighted by Crippen LogP contribution is -2.43. The van der Waals surface area contributed by atoms with Gasteiger partial charge in [-0.15, -0.1) is 11.6 Å². The summed E-state index contributed by atoms with van der Waals surface area (Å²) >= 11 is 6.10. The Hall–Kier alpha value is -1.26. The number of nitrogens with zero attached hydrogens (tertiary/aromatic N) is 2. The molecule has 0 spiro atoms. The molecule has 1 aliphatic carbocycles. The fourth-order valence-corrected chi connectivity index (χ4v) is 3.21. The molecular formula is C16H21ClN2O2. The number of rotatable bonds is 6. The van der Waals surface area contributed by atoms with Gasteiger partial charge in [-0.3, -0.25) is 0 Å². The number of fused-ring (bicyclic) bond motifs is 1. The number of halogens is 1. The van der Waals surface area contributed by atoms with Crippen LogP contribution in [0.25, 0.3) is 11.0 Å². The van der Waals surface area contributed by atoms with Crippen molar-refractivity contribution in [2.45, 2.75) is 44.2 Å². The maximum atomic E-state index is 6.10. The van der Waals surface area contributed by atoms with E-state index in [4.69, 9.17) is 21.1 Å². The first kappa shape index (κ1) is 14.7. The molecule has 1 aromatic carbocycles. The zero-order valence-corrected chi connectivity index (χ0v) is 13.3. The van der Waals surface area contributed by atoms with Crippen LogP contribution in [-0.4, -0.2) is 28.9 Å². The standard InChI is InChI=1S/C16H21ClN2O2/c1-3-21-13-7-4-6-12-15(13)18-14(10-17)19(12)11-16(20-2)8-5-9-16/h4,6-7H,3,5,8-11H2,1-2H3. The second-order valence-electron chi connectivity index (χ2n) is 5.55. The fourth-order valence-electron chi connectivity index (χ4n) is 3.01. The maximum absolute atomic E-state index is 6.10. The summed E-state index contributed by atoms with van der Waals surface area (Å²) in [6.45, 7) is 3.41. The molecule has 0 bridgehead atoms. The van der Waals surface area contributed by atoms with Gasteiger partial charge in [-0.25, -0.2) is 4.98 Å². The Morgan fingerprint density at radius 3 is 2.76 bits per heavy atom. The zero-order valence-electron chi connectivity index (χ0n) is 12.6. The zero-order chi connectivity index (χ0) is 14.9. The minimum absolute atomic E-state index is 0.0595. The topological polar surface area (TPSA) is 36.3 Å². The van der Waals surface area contributed by atoms with Crippen LogP contribution in [0.5, 0.6) is 5.75 Å². The van der Waals surface area contributed by atoms with Gasteiger partial charge < -0.3 is 14.0 Å². The molecule has 114 valence electrons. The van der Waals surface area contributed by atoms with Crippen LogP contribution < -0.4 is 4.74 Å². The molecule has 1 saturated carbocycles. The highest BCUT2D eigenvalue weighted by molar-refractivity contribution is 6.16. The lowest BCUT2D eigenvalue weighted by Gasteiger charge is -2.41. The maximum Gasteiger partial charge on any atom is 0.147 e. The van der Waals surface area contributed by atoms with E-state index in [9.17, 15) is 0 Å². The van der Waals surface area contributed by atoms with Crippen molar-refractivity contribution in [3.63, 3.8) is 0 Å². The number of alkyl halides is 1. The Balaban J connectivity index is 2.06. The Labute approximate surface area is 130 Å². The van der Waals surface area contributed by atoms with Gasteiger partial charge >= 0.3 is 0 Å². The van der Waals surface area contributed by atoms with E-state index < -0.39 is 0 Å². The molecule has 1 aliphatic rings. The van der Waals surface area contributed by atoms with E-state index in [1.54, 1.807) is 7.11 Å². The third-order valence-electron chi connectivity index (χ3n) is 4.38. The minimum atomic E-state index is -0.0595. The van der Waals surface area contributed by atoms with Gasteiger partial charge in [-0.2, -0.15) is 0 Å². The Morgan fingerprint density at radius 2 is 2.19 bits per heavy atom. The summed E-state index contributed by atoms with van der Waals surface area (Å²) < 4.78 is 13.6. The van der Waals surface area contributed by atoms with Crippen molar-refractivity contribution in [2.24, 2.45) is 0 Å². The molecule has 0 radical (unpaired) electrons. The highest BCUT2D eigenvalue weighted by Crippen LogP contribution is 2.38. The first-order valence-electron chi connectivity index (χ1n) is 7.45. The third-order valence-corrected chi connectivity index (χ3v) is 4.62. The third kappa shape index (κ3) is 2.51. The van der Waals surface area contributed by atoms with Crippen molar-refractivity contribution < 1.29 is 9.47 Å². The molecule has 2 aromatic rings. The van der Waals surface area contributed by atoms with E-state index >= 15 is 0 Å². The highest BCUT2D eigenvalue weighted by Gasteiger charge is 2.38. The van der Waals surface area contributed by atoms with Crippen LogP contribution in [0, 0.1) is 0 Å². The molecule has 0 N–H and O–H groups in total. The smallest absolute Gasteiger partial charge is 0.147 e. The van der Waals surface area contributed by atoms with Crippen LogP contribution in [0.4, 0.5) is 0 Å². The van der Waals surface area contributed by atoms with E-state index in [0.717, 1.165) is 42.0 Å². The van der Waals surface area contributed by atoms with E-state index in [0.29, 0.717) is 12.5 Å². The molecule has 0 aliphatic heterocycles. The van der Waals surface area contributed by atoms with Gasteiger partial charge in [0.15, 0.2) is 0 Å². The van der Waals surface area contributed by atoms with Gasteiger partial charge in [-0.05, 0) is 38.3 Å². The number of imidazole rings is 1. The first-order valence-corrected chi connectivity index (χ1v) is 7.98. The van der Waals surface area contributed by atoms with Crippen LogP contribution in [-0.2, 0) is 17.2 Å². The van der Waals surface area contributed by atoms with Gasteiger partial charge in [0.05, 0.1) is 30.1 Å². The number of ether oxygens (including phenoxy) is 2. The molecular weight excluding hydrogens is 288 g/mol. The van der Waals surface area contributed by atoms with Crippen molar-refractivity contribution in [3.05, 3.63) is 24.0 Å². The molecule has 0 saturated heterocycles. The quantitative estimate of drug-likeness (QED) is 0.763. The van der Waals surface area contributed by atoms with Crippen molar-refractivity contribution >= 4 is 22.6 Å². The normalized spacial score (nSPS) is 16.9. The predicted octanol–water partition coefficient (Wildman–Crippen LogP) is 3.74. The number of methoxy groups -OCH3 is 1. The minimum Gasteiger partial charge on any atom is -0.492 e. The average Bonchev–Trinajstić information content (AvgIpc) is 2.82. The summed E-state index contributed by atoms with van der Waals surface area (Å²) in [7, 11) is 1.80. The number of aromatic nitrogens is 2. The van der Waals surface area contributed by atoms with Gasteiger partial charge in [0, 0.05) is 7.11 Å². The number of hydrogen-bond acceptors (Lipinski definition) is 3. The second kappa shape index (κ2) is 5.85. The summed E-state index contributed by atoms with van der Waals surface area (Å²) in [4.78, 5) is 4.68. The largest absolute Gasteiger partial charge is 0.492 e. The number of benzene rings is 1. The monoisotopic (exact) mass is 308 g/mol. The van der Waals surface area contributed by atoms with Crippen LogP contribution >= 0.6 is 11.6 Å². The predicted molar refractivity (Wildman–Crippen MR) is 84.1 cm³/mol. The molecule has 4 nitrogen and oxygen atoms in total. The van der Waals surface area contributed by atoms with Crippen LogP contribution in [0.15, 0.2) is 18.2 Å². The van der Waals surface area contributed by atoms with Gasteiger partial charge in [0.2, 0.25) is 0 Å². The van der Waals surface area contributed by atoms with E-state index in [2.05, 4.69) is 15.6 Å². The van der Waals surface area contributed by atoms with Crippen molar-refractivity contribution in [1.82, 2.24) is 9.55 Å². The van der Waals surface area contributed by atoms with Crippen molar-refractivity contribution in [2.75, 3.05) is 13.7 Å². The first-order chi connectivity index (χ1) is 10.2. The molecule has 0 atom stereocenters. The Kier molecular flexibility index (Phi) is 4.09. The molecule has 0 unspecified atom stereocenters. The molecule has 5 heteroatoms. The van der Waals surface area contributed by atoms with Crippen molar-refractivity contribution in [3.8, 4) is 5.75 Å². The summed E-state index contributed by atoms with van der Waals surface area (Å²) in [5.41, 5.74) is 1.90. The molecule has 0 amide bonds. The molecule has 1 heterocycles. The summed E-state index contributed by atoms with van der Waals surface area (Å²) in [5.74, 6) is 2.09. The molecule has 1 fully saturated rings. The Morgan fingerprint density at radius 1 is 1.38 bits per heavy atom. The number of hydrogen-bond donors (Lipinski definition) is 0. The van der Waals surface area contributed by atoms with E-state index in [1.807, 2.05) is 19.1 Å². The van der Waals surface area contributed by atoms with Gasteiger partial charge in [0.25, 0.3) is 0 Å². The fraction of sp³-hybridized carbons (Fsp3) is 0.562. The molecule has 21 heavy (non-hydrogen) atoms. The van der Waals surface area contributed by atoms with Gasteiger partial charge in [0.1, 0.15) is 17.1 Å². The average molecular weight is 309 g/mol. The molecule has 3 rings (SSSR count). The van der Waals surface area contributed by atoms with E-state index in [1.165, 1.54) is 6.42 Å². The lowest BCUT2D eigenvalue weighted by atomic mass is 9.80. The molecule has 1 aromatic heterocycles. The Bertz CT molecular complexity index is 629. The number of para-hydroxylation sites is 1. The SMILES string of the molecule is CCOc1cccc2c1nc(CCl)n2CC1(OC)CCC1. The van der Waals surface area contributed by atoms with Crippen molar-refractivity contribution in [1.29, 1.82) is 0 Å². The van der Waals surface area contributed by atoms with Crippen LogP contribution in [0.3, 0.4) is 0 Å². The van der Waals surface area contributed by atoms with Gasteiger partial charge in [-0.1, -0.05) is 6.07 Å².